The molecule has 0 fully saturated rings. The van der Waals surface area contributed by atoms with Crippen molar-refractivity contribution >= 4 is 0 Å². The van der Waals surface area contributed by atoms with Gasteiger partial charge in [0.15, 0.2) is 0 Å². The van der Waals surface area contributed by atoms with Crippen LogP contribution in [0.1, 0.15) is 5.56 Å². The van der Waals surface area contributed by atoms with E-state index >= 15 is 0 Å². The Morgan fingerprint density at radius 2 is 2.40 bits per heavy atom. The van der Waals surface area contributed by atoms with Gasteiger partial charge in [0.05, 0.1) is 6.20 Å². The zero-order valence-corrected chi connectivity index (χ0v) is 8.22. The average molecular weight is 207 g/mol. The van der Waals surface area contributed by atoms with Crippen LogP contribution in [0.25, 0.3) is 0 Å². The van der Waals surface area contributed by atoms with Crippen molar-refractivity contribution in [3.05, 3.63) is 42.2 Å². The largest absolute Gasteiger partial charge is 0.489 e. The van der Waals surface area contributed by atoms with E-state index < -0.39 is 5.95 Å². The number of ether oxygens (including phenoxy) is 1. The first-order valence-corrected chi connectivity index (χ1v) is 4.46. The Labute approximate surface area is 86.3 Å². The fourth-order valence-electron chi connectivity index (χ4n) is 1.19. The van der Waals surface area contributed by atoms with Crippen molar-refractivity contribution in [2.45, 2.75) is 6.61 Å². The summed E-state index contributed by atoms with van der Waals surface area (Å²) < 4.78 is 19.7. The quantitative estimate of drug-likeness (QED) is 0.716. The van der Waals surface area contributed by atoms with E-state index in [1.54, 1.807) is 16.9 Å². The molecule has 2 rings (SSSR count). The highest BCUT2D eigenvalue weighted by Gasteiger charge is 1.99. The maximum atomic E-state index is 12.7. The minimum atomic E-state index is -0.543. The Bertz CT molecular complexity index is 455. The molecule has 0 aromatic carbocycles. The fraction of sp³-hybridized carbons (Fsp3) is 0.200. The SMILES string of the molecule is Cn1cc(COc2ccnc(F)c2)cn1. The van der Waals surface area contributed by atoms with Crippen molar-refractivity contribution in [3.8, 4) is 5.75 Å². The van der Waals surface area contributed by atoms with Gasteiger partial charge in [-0.05, 0) is 6.07 Å². The smallest absolute Gasteiger partial charge is 0.216 e. The zero-order chi connectivity index (χ0) is 10.7. The normalized spacial score (nSPS) is 10.3. The number of hydrogen-bond donors (Lipinski definition) is 0. The van der Waals surface area contributed by atoms with E-state index in [0.29, 0.717) is 12.4 Å². The highest BCUT2D eigenvalue weighted by molar-refractivity contribution is 5.18. The summed E-state index contributed by atoms with van der Waals surface area (Å²) in [6.45, 7) is 0.372. The summed E-state index contributed by atoms with van der Waals surface area (Å²) in [5.41, 5.74) is 0.940. The molecule has 2 aromatic rings. The van der Waals surface area contributed by atoms with Crippen LogP contribution in [0.2, 0.25) is 0 Å². The fourth-order valence-corrected chi connectivity index (χ4v) is 1.19. The molecule has 0 N–H and O–H groups in total. The molecule has 0 amide bonds. The first-order chi connectivity index (χ1) is 7.24. The van der Waals surface area contributed by atoms with Gasteiger partial charge in [-0.15, -0.1) is 0 Å². The summed E-state index contributed by atoms with van der Waals surface area (Å²) in [5, 5.41) is 4.00. The van der Waals surface area contributed by atoms with Gasteiger partial charge in [0.25, 0.3) is 0 Å². The second-order valence-corrected chi connectivity index (χ2v) is 3.13. The highest BCUT2D eigenvalue weighted by atomic mass is 19.1. The summed E-state index contributed by atoms with van der Waals surface area (Å²) >= 11 is 0. The maximum absolute atomic E-state index is 12.7. The van der Waals surface area contributed by atoms with Gasteiger partial charge in [0.1, 0.15) is 12.4 Å². The van der Waals surface area contributed by atoms with E-state index in [0.717, 1.165) is 5.56 Å². The molecule has 5 heteroatoms. The molecule has 0 aliphatic carbocycles. The summed E-state index contributed by atoms with van der Waals surface area (Å²) in [5.74, 6) is -0.0787. The van der Waals surface area contributed by atoms with Gasteiger partial charge < -0.3 is 4.74 Å². The standard InChI is InChI=1S/C10H10FN3O/c1-14-6-8(5-13-14)7-15-9-2-3-12-10(11)4-9/h2-6H,7H2,1H3. The monoisotopic (exact) mass is 207 g/mol. The molecule has 0 bridgehead atoms. The Hall–Kier alpha value is -1.91. The molecule has 0 unspecified atom stereocenters. The van der Waals surface area contributed by atoms with Crippen LogP contribution < -0.4 is 4.74 Å². The van der Waals surface area contributed by atoms with E-state index in [9.17, 15) is 4.39 Å². The second-order valence-electron chi connectivity index (χ2n) is 3.13. The van der Waals surface area contributed by atoms with E-state index in [2.05, 4.69) is 10.1 Å². The van der Waals surface area contributed by atoms with Crippen molar-refractivity contribution in [1.82, 2.24) is 14.8 Å². The number of halogens is 1. The molecule has 0 saturated carbocycles. The topological polar surface area (TPSA) is 39.9 Å². The van der Waals surface area contributed by atoms with Crippen LogP contribution in [-0.2, 0) is 13.7 Å². The molecule has 2 heterocycles. The number of aromatic nitrogens is 3. The molecule has 0 spiro atoms. The van der Waals surface area contributed by atoms with Crippen LogP contribution in [0.3, 0.4) is 0 Å². The van der Waals surface area contributed by atoms with E-state index in [4.69, 9.17) is 4.74 Å². The number of rotatable bonds is 3. The number of pyridine rings is 1. The van der Waals surface area contributed by atoms with Crippen LogP contribution in [0, 0.1) is 5.95 Å². The third-order valence-corrected chi connectivity index (χ3v) is 1.86. The average Bonchev–Trinajstić information content (AvgIpc) is 2.62. The van der Waals surface area contributed by atoms with E-state index in [1.807, 2.05) is 13.2 Å². The van der Waals surface area contributed by atoms with Crippen molar-refractivity contribution in [2.75, 3.05) is 0 Å². The number of hydrogen-bond acceptors (Lipinski definition) is 3. The lowest BCUT2D eigenvalue weighted by atomic mass is 10.4. The summed E-state index contributed by atoms with van der Waals surface area (Å²) in [7, 11) is 1.83. The molecular weight excluding hydrogens is 197 g/mol. The third-order valence-electron chi connectivity index (χ3n) is 1.86. The lowest BCUT2D eigenvalue weighted by molar-refractivity contribution is 0.303. The minimum absolute atomic E-state index is 0.372. The van der Waals surface area contributed by atoms with Gasteiger partial charge in [-0.2, -0.15) is 9.49 Å². The van der Waals surface area contributed by atoms with Gasteiger partial charge in [-0.25, -0.2) is 4.98 Å². The maximum Gasteiger partial charge on any atom is 0.216 e. The van der Waals surface area contributed by atoms with E-state index in [1.165, 1.54) is 12.3 Å². The first kappa shape index (κ1) is 9.64. The lowest BCUT2D eigenvalue weighted by Crippen LogP contribution is -1.95. The van der Waals surface area contributed by atoms with Crippen LogP contribution >= 0.6 is 0 Å². The summed E-state index contributed by atoms with van der Waals surface area (Å²) in [6, 6.07) is 2.86. The Morgan fingerprint density at radius 1 is 1.53 bits per heavy atom. The number of nitrogens with zero attached hydrogens (tertiary/aromatic N) is 3. The van der Waals surface area contributed by atoms with Gasteiger partial charge in [-0.3, -0.25) is 4.68 Å². The molecule has 15 heavy (non-hydrogen) atoms. The van der Waals surface area contributed by atoms with Gasteiger partial charge >= 0.3 is 0 Å². The predicted octanol–water partition coefficient (Wildman–Crippen LogP) is 1.53. The highest BCUT2D eigenvalue weighted by Crippen LogP contribution is 2.11. The molecular formula is C10H10FN3O. The second kappa shape index (κ2) is 4.08. The zero-order valence-electron chi connectivity index (χ0n) is 8.22. The number of aryl methyl sites for hydroxylation is 1. The van der Waals surface area contributed by atoms with Crippen molar-refractivity contribution in [1.29, 1.82) is 0 Å². The van der Waals surface area contributed by atoms with Crippen molar-refractivity contribution < 1.29 is 9.13 Å². The summed E-state index contributed by atoms with van der Waals surface area (Å²) in [4.78, 5) is 3.44. The van der Waals surface area contributed by atoms with Gasteiger partial charge in [0, 0.05) is 31.1 Å². The predicted molar refractivity (Wildman–Crippen MR) is 51.7 cm³/mol. The van der Waals surface area contributed by atoms with Crippen LogP contribution in [0.15, 0.2) is 30.7 Å². The minimum Gasteiger partial charge on any atom is -0.489 e. The molecule has 0 saturated heterocycles. The van der Waals surface area contributed by atoms with Crippen LogP contribution in [-0.4, -0.2) is 14.8 Å². The first-order valence-electron chi connectivity index (χ1n) is 4.46. The van der Waals surface area contributed by atoms with Crippen molar-refractivity contribution in [2.24, 2.45) is 7.05 Å². The molecule has 4 nitrogen and oxygen atoms in total. The molecule has 0 aliphatic rings. The van der Waals surface area contributed by atoms with Crippen LogP contribution in [0.5, 0.6) is 5.75 Å². The molecule has 78 valence electrons. The third kappa shape index (κ3) is 2.52. The van der Waals surface area contributed by atoms with Crippen LogP contribution in [0.4, 0.5) is 4.39 Å². The molecule has 2 aromatic heterocycles. The molecule has 0 radical (unpaired) electrons. The Balaban J connectivity index is 1.99. The van der Waals surface area contributed by atoms with Crippen molar-refractivity contribution in [3.63, 3.8) is 0 Å². The van der Waals surface area contributed by atoms with Gasteiger partial charge in [-0.1, -0.05) is 0 Å². The van der Waals surface area contributed by atoms with E-state index in [-0.39, 0.29) is 0 Å². The van der Waals surface area contributed by atoms with Gasteiger partial charge in [0.2, 0.25) is 5.95 Å². The molecule has 0 atom stereocenters. The lowest BCUT2D eigenvalue weighted by Gasteiger charge is -2.03. The molecule has 0 aliphatic heterocycles. The summed E-state index contributed by atoms with van der Waals surface area (Å²) in [6.07, 6.45) is 4.92. The Morgan fingerprint density at radius 3 is 3.07 bits per heavy atom. The Kier molecular flexibility index (Phi) is 2.62.